The molecule has 1 N–H and O–H groups in total. The van der Waals surface area contributed by atoms with E-state index in [1.807, 2.05) is 0 Å². The van der Waals surface area contributed by atoms with Gasteiger partial charge < -0.3 is 9.64 Å². The van der Waals surface area contributed by atoms with Gasteiger partial charge in [0.2, 0.25) is 0 Å². The average molecular weight is 376 g/mol. The van der Waals surface area contributed by atoms with Crippen molar-refractivity contribution in [2.45, 2.75) is 18.9 Å². The largest absolute Gasteiger partial charge is 0.496 e. The number of halogens is 1. The third-order valence-electron chi connectivity index (χ3n) is 3.97. The molecule has 7 nitrogen and oxygen atoms in total. The van der Waals surface area contributed by atoms with Gasteiger partial charge in [0.05, 0.1) is 12.7 Å². The average Bonchev–Trinajstić information content (AvgIpc) is 2.54. The summed E-state index contributed by atoms with van der Waals surface area (Å²) in [5, 5.41) is 0.466. The molecule has 0 saturated carbocycles. The van der Waals surface area contributed by atoms with Gasteiger partial charge in [-0.2, -0.15) is 17.4 Å². The van der Waals surface area contributed by atoms with Crippen molar-refractivity contribution < 1.29 is 17.9 Å². The Labute approximate surface area is 147 Å². The minimum atomic E-state index is -3.46. The zero-order valence-corrected chi connectivity index (χ0v) is 15.5. The lowest BCUT2D eigenvalue weighted by Crippen LogP contribution is -2.49. The van der Waals surface area contributed by atoms with Crippen LogP contribution in [-0.4, -0.2) is 63.9 Å². The topological polar surface area (TPSA) is 79.0 Å². The predicted molar refractivity (Wildman–Crippen MR) is 92.7 cm³/mol. The Morgan fingerprint density at radius 2 is 1.96 bits per heavy atom. The lowest BCUT2D eigenvalue weighted by Gasteiger charge is -2.33. The minimum Gasteiger partial charge on any atom is -0.496 e. The van der Waals surface area contributed by atoms with Crippen LogP contribution in [0.1, 0.15) is 23.2 Å². The van der Waals surface area contributed by atoms with E-state index in [4.69, 9.17) is 16.3 Å². The SMILES string of the molecule is COc1ccc(Cl)cc1C(=O)N1CCC(NS(=O)(=O)N(C)C)CC1. The molecular formula is C15H22ClN3O4S. The monoisotopic (exact) mass is 375 g/mol. The number of rotatable bonds is 5. The minimum absolute atomic E-state index is 0.164. The van der Waals surface area contributed by atoms with E-state index in [1.165, 1.54) is 21.2 Å². The fourth-order valence-electron chi connectivity index (χ4n) is 2.53. The van der Waals surface area contributed by atoms with Crippen molar-refractivity contribution in [3.63, 3.8) is 0 Å². The molecule has 1 heterocycles. The summed E-state index contributed by atoms with van der Waals surface area (Å²) >= 11 is 5.97. The molecule has 9 heteroatoms. The van der Waals surface area contributed by atoms with Gasteiger partial charge in [0.15, 0.2) is 0 Å². The molecule has 1 amide bonds. The molecule has 0 atom stereocenters. The van der Waals surface area contributed by atoms with Crippen LogP contribution < -0.4 is 9.46 Å². The lowest BCUT2D eigenvalue weighted by atomic mass is 10.0. The van der Waals surface area contributed by atoms with Crippen LogP contribution in [-0.2, 0) is 10.2 Å². The third kappa shape index (κ3) is 4.38. The highest BCUT2D eigenvalue weighted by atomic mass is 35.5. The van der Waals surface area contributed by atoms with Gasteiger partial charge in [-0.3, -0.25) is 4.79 Å². The molecule has 0 radical (unpaired) electrons. The van der Waals surface area contributed by atoms with E-state index in [9.17, 15) is 13.2 Å². The van der Waals surface area contributed by atoms with Crippen LogP contribution in [0.15, 0.2) is 18.2 Å². The number of methoxy groups -OCH3 is 1. The van der Waals surface area contributed by atoms with E-state index in [2.05, 4.69) is 4.72 Å². The Balaban J connectivity index is 2.02. The summed E-state index contributed by atoms with van der Waals surface area (Å²) in [6.07, 6.45) is 1.11. The van der Waals surface area contributed by atoms with Crippen molar-refractivity contribution in [3.8, 4) is 5.75 Å². The second-order valence-corrected chi connectivity index (χ2v) is 8.17. The van der Waals surface area contributed by atoms with Crippen LogP contribution in [0.3, 0.4) is 0 Å². The van der Waals surface area contributed by atoms with E-state index in [0.717, 1.165) is 4.31 Å². The molecule has 0 aromatic heterocycles. The highest BCUT2D eigenvalue weighted by Gasteiger charge is 2.28. The fourth-order valence-corrected chi connectivity index (χ4v) is 3.57. The molecule has 24 heavy (non-hydrogen) atoms. The first-order chi connectivity index (χ1) is 11.2. The van der Waals surface area contributed by atoms with Crippen molar-refractivity contribution >= 4 is 27.7 Å². The predicted octanol–water partition coefficient (Wildman–Crippen LogP) is 1.35. The maximum Gasteiger partial charge on any atom is 0.279 e. The lowest BCUT2D eigenvalue weighted by molar-refractivity contribution is 0.0707. The van der Waals surface area contributed by atoms with Crippen LogP contribution in [0.2, 0.25) is 5.02 Å². The van der Waals surface area contributed by atoms with Gasteiger partial charge in [0.25, 0.3) is 16.1 Å². The number of nitrogens with zero attached hydrogens (tertiary/aromatic N) is 2. The van der Waals surface area contributed by atoms with Crippen molar-refractivity contribution in [3.05, 3.63) is 28.8 Å². The number of benzene rings is 1. The molecule has 0 unspecified atom stereocenters. The smallest absolute Gasteiger partial charge is 0.279 e. The van der Waals surface area contributed by atoms with Gasteiger partial charge in [0, 0.05) is 38.2 Å². The van der Waals surface area contributed by atoms with Crippen LogP contribution >= 0.6 is 11.6 Å². The first-order valence-electron chi connectivity index (χ1n) is 7.57. The number of carbonyl (C=O) groups excluding carboxylic acids is 1. The number of piperidine rings is 1. The molecule has 1 aromatic rings. The van der Waals surface area contributed by atoms with Gasteiger partial charge in [-0.05, 0) is 31.0 Å². The standard InChI is InChI=1S/C15H22ClN3O4S/c1-18(2)24(21,22)17-12-6-8-19(9-7-12)15(20)13-10-11(16)4-5-14(13)23-3/h4-5,10,12,17H,6-9H2,1-3H3. The Kier molecular flexibility index (Phi) is 6.08. The van der Waals surface area contributed by atoms with E-state index < -0.39 is 10.2 Å². The van der Waals surface area contributed by atoms with Gasteiger partial charge >= 0.3 is 0 Å². The summed E-state index contributed by atoms with van der Waals surface area (Å²) in [5.74, 6) is 0.308. The molecule has 1 fully saturated rings. The van der Waals surface area contributed by atoms with Crippen molar-refractivity contribution in [2.24, 2.45) is 0 Å². The van der Waals surface area contributed by atoms with Gasteiger partial charge in [-0.25, -0.2) is 0 Å². The molecule has 1 aromatic carbocycles. The maximum absolute atomic E-state index is 12.7. The van der Waals surface area contributed by atoms with E-state index in [1.54, 1.807) is 23.1 Å². The maximum atomic E-state index is 12.7. The molecule has 2 rings (SSSR count). The quantitative estimate of drug-likeness (QED) is 0.842. The number of hydrogen-bond donors (Lipinski definition) is 1. The number of nitrogens with one attached hydrogen (secondary N) is 1. The van der Waals surface area contributed by atoms with Crippen LogP contribution in [0.25, 0.3) is 0 Å². The summed E-state index contributed by atoms with van der Waals surface area (Å²) in [7, 11) is 0.998. The van der Waals surface area contributed by atoms with Gasteiger partial charge in [-0.1, -0.05) is 11.6 Å². The van der Waals surface area contributed by atoms with Gasteiger partial charge in [-0.15, -0.1) is 0 Å². The van der Waals surface area contributed by atoms with Crippen LogP contribution in [0, 0.1) is 0 Å². The van der Waals surface area contributed by atoms with E-state index in [-0.39, 0.29) is 11.9 Å². The second-order valence-electron chi connectivity index (χ2n) is 5.82. The fraction of sp³-hybridized carbons (Fsp3) is 0.533. The number of carbonyl (C=O) groups is 1. The highest BCUT2D eigenvalue weighted by Crippen LogP contribution is 2.25. The molecule has 1 saturated heterocycles. The first kappa shape index (κ1) is 19.0. The first-order valence-corrected chi connectivity index (χ1v) is 9.39. The van der Waals surface area contributed by atoms with Gasteiger partial charge in [0.1, 0.15) is 5.75 Å². The number of amides is 1. The number of ether oxygens (including phenoxy) is 1. The number of likely N-dealkylation sites (tertiary alicyclic amines) is 1. The zero-order valence-electron chi connectivity index (χ0n) is 14.0. The molecule has 0 bridgehead atoms. The molecule has 1 aliphatic rings. The van der Waals surface area contributed by atoms with E-state index in [0.29, 0.717) is 42.3 Å². The Morgan fingerprint density at radius 1 is 1.33 bits per heavy atom. The van der Waals surface area contributed by atoms with Crippen molar-refractivity contribution in [1.82, 2.24) is 13.9 Å². The Hall–Kier alpha value is -1.35. The highest BCUT2D eigenvalue weighted by molar-refractivity contribution is 7.87. The molecule has 0 spiro atoms. The summed E-state index contributed by atoms with van der Waals surface area (Å²) in [6, 6.07) is 4.74. The summed E-state index contributed by atoms with van der Waals surface area (Å²) in [6.45, 7) is 0.935. The molecule has 0 aliphatic carbocycles. The van der Waals surface area contributed by atoms with Crippen molar-refractivity contribution in [1.29, 1.82) is 0 Å². The molecule has 1 aliphatic heterocycles. The summed E-state index contributed by atoms with van der Waals surface area (Å²) < 4.78 is 32.7. The van der Waals surface area contributed by atoms with Crippen LogP contribution in [0.4, 0.5) is 0 Å². The van der Waals surface area contributed by atoms with E-state index >= 15 is 0 Å². The zero-order chi connectivity index (χ0) is 17.9. The van der Waals surface area contributed by atoms with Crippen LogP contribution in [0.5, 0.6) is 5.75 Å². The third-order valence-corrected chi connectivity index (χ3v) is 5.80. The van der Waals surface area contributed by atoms with Crippen molar-refractivity contribution in [2.75, 3.05) is 34.3 Å². The molecular weight excluding hydrogens is 354 g/mol. The Bertz CT molecular complexity index is 701. The summed E-state index contributed by atoms with van der Waals surface area (Å²) in [4.78, 5) is 14.4. The second kappa shape index (κ2) is 7.69. The normalized spacial score (nSPS) is 16.5. The Morgan fingerprint density at radius 3 is 2.50 bits per heavy atom. The summed E-state index contributed by atoms with van der Waals surface area (Å²) in [5.41, 5.74) is 0.414. The number of hydrogen-bond acceptors (Lipinski definition) is 4. The molecule has 134 valence electrons.